The molecule has 2 heterocycles. The second kappa shape index (κ2) is 11.7. The molecule has 0 atom stereocenters. The largest absolute Gasteiger partial charge is 0.324 e. The number of hydrogen-bond donors (Lipinski definition) is 1. The van der Waals surface area contributed by atoms with Gasteiger partial charge in [-0.15, -0.1) is 11.3 Å². The highest BCUT2D eigenvalue weighted by Gasteiger charge is 2.37. The standard InChI is InChI=1S/C48H35N3S/c1-29-32(25-26-36-34-16-7-10-21-40(34)48(2,3)44(29)36)39-28-31(33-19-13-20-37-35-17-9-12-23-43(35)52-46(33)37)24-27-42(39)50-47-49-41-22-11-8-18-38(41)45(51-47)30-14-5-4-6-15-30/h4-28H,1-3H3,(H,49,50,51). The van der Waals surface area contributed by atoms with E-state index in [9.17, 15) is 0 Å². The van der Waals surface area contributed by atoms with Crippen LogP contribution in [0.5, 0.6) is 0 Å². The van der Waals surface area contributed by atoms with Gasteiger partial charge in [0.1, 0.15) is 0 Å². The van der Waals surface area contributed by atoms with Crippen LogP contribution in [-0.4, -0.2) is 9.97 Å². The van der Waals surface area contributed by atoms with Crippen molar-refractivity contribution in [1.29, 1.82) is 0 Å². The number of rotatable bonds is 5. The van der Waals surface area contributed by atoms with Crippen molar-refractivity contribution in [1.82, 2.24) is 9.97 Å². The van der Waals surface area contributed by atoms with E-state index < -0.39 is 0 Å². The maximum absolute atomic E-state index is 5.16. The highest BCUT2D eigenvalue weighted by atomic mass is 32.1. The van der Waals surface area contributed by atoms with E-state index in [-0.39, 0.29) is 5.41 Å². The number of nitrogens with one attached hydrogen (secondary N) is 1. The summed E-state index contributed by atoms with van der Waals surface area (Å²) in [4.78, 5) is 10.2. The van der Waals surface area contributed by atoms with E-state index in [0.29, 0.717) is 5.95 Å². The third-order valence-corrected chi connectivity index (χ3v) is 12.1. The first-order chi connectivity index (χ1) is 25.5. The van der Waals surface area contributed by atoms with Gasteiger partial charge in [-0.2, -0.15) is 0 Å². The van der Waals surface area contributed by atoms with Crippen LogP contribution in [0.1, 0.15) is 30.5 Å². The number of fused-ring (bicyclic) bond motifs is 7. The molecule has 0 unspecified atom stereocenters. The Bertz CT molecular complexity index is 2870. The van der Waals surface area contributed by atoms with Crippen molar-refractivity contribution in [2.24, 2.45) is 0 Å². The third-order valence-electron chi connectivity index (χ3n) is 10.9. The average Bonchev–Trinajstić information content (AvgIpc) is 3.68. The van der Waals surface area contributed by atoms with Gasteiger partial charge in [-0.1, -0.05) is 141 Å². The maximum atomic E-state index is 5.16. The first-order valence-corrected chi connectivity index (χ1v) is 18.7. The zero-order valence-corrected chi connectivity index (χ0v) is 30.1. The molecule has 0 aliphatic heterocycles. The highest BCUT2D eigenvalue weighted by Crippen LogP contribution is 2.52. The monoisotopic (exact) mass is 685 g/mol. The van der Waals surface area contributed by atoms with Gasteiger partial charge in [0.15, 0.2) is 0 Å². The molecule has 52 heavy (non-hydrogen) atoms. The van der Waals surface area contributed by atoms with E-state index in [4.69, 9.17) is 9.97 Å². The van der Waals surface area contributed by atoms with E-state index in [0.717, 1.165) is 33.4 Å². The van der Waals surface area contributed by atoms with Gasteiger partial charge in [-0.3, -0.25) is 0 Å². The molecule has 0 saturated heterocycles. The summed E-state index contributed by atoms with van der Waals surface area (Å²) in [6, 6.07) is 54.4. The molecule has 0 amide bonds. The van der Waals surface area contributed by atoms with Gasteiger partial charge >= 0.3 is 0 Å². The van der Waals surface area contributed by atoms with Gasteiger partial charge in [0, 0.05) is 47.8 Å². The number of thiophene rings is 1. The predicted molar refractivity (Wildman–Crippen MR) is 221 cm³/mol. The van der Waals surface area contributed by atoms with Crippen LogP contribution in [0.4, 0.5) is 11.6 Å². The molecule has 1 aliphatic rings. The van der Waals surface area contributed by atoms with Crippen molar-refractivity contribution in [2.75, 3.05) is 5.32 Å². The Kier molecular flexibility index (Phi) is 6.92. The molecule has 0 radical (unpaired) electrons. The molecule has 0 saturated carbocycles. The fourth-order valence-electron chi connectivity index (χ4n) is 8.52. The van der Waals surface area contributed by atoms with Crippen LogP contribution in [-0.2, 0) is 5.41 Å². The van der Waals surface area contributed by atoms with E-state index in [2.05, 4.69) is 166 Å². The van der Waals surface area contributed by atoms with Crippen LogP contribution in [0.15, 0.2) is 152 Å². The van der Waals surface area contributed by atoms with Crippen LogP contribution >= 0.6 is 11.3 Å². The number of nitrogens with zero attached hydrogens (tertiary/aromatic N) is 2. The van der Waals surface area contributed by atoms with E-state index in [1.807, 2.05) is 23.5 Å². The summed E-state index contributed by atoms with van der Waals surface area (Å²) in [5.41, 5.74) is 15.2. The van der Waals surface area contributed by atoms with Crippen molar-refractivity contribution in [3.63, 3.8) is 0 Å². The zero-order chi connectivity index (χ0) is 35.0. The Hall–Kier alpha value is -6.10. The minimum Gasteiger partial charge on any atom is -0.324 e. The fourth-order valence-corrected chi connectivity index (χ4v) is 9.76. The predicted octanol–water partition coefficient (Wildman–Crippen LogP) is 13.4. The summed E-state index contributed by atoms with van der Waals surface area (Å²) in [7, 11) is 0. The summed E-state index contributed by atoms with van der Waals surface area (Å²) >= 11 is 1.87. The van der Waals surface area contributed by atoms with Crippen LogP contribution in [0.25, 0.3) is 75.7 Å². The molecule has 0 spiro atoms. The molecule has 4 heteroatoms. The second-order valence-electron chi connectivity index (χ2n) is 14.3. The van der Waals surface area contributed by atoms with E-state index >= 15 is 0 Å². The molecule has 248 valence electrons. The second-order valence-corrected chi connectivity index (χ2v) is 15.3. The summed E-state index contributed by atoms with van der Waals surface area (Å²) in [6.45, 7) is 7.02. The van der Waals surface area contributed by atoms with Crippen LogP contribution < -0.4 is 5.32 Å². The maximum Gasteiger partial charge on any atom is 0.228 e. The molecule has 1 aliphatic carbocycles. The first kappa shape index (κ1) is 30.7. The Labute approximate surface area is 307 Å². The summed E-state index contributed by atoms with van der Waals surface area (Å²) in [6.07, 6.45) is 0. The van der Waals surface area contributed by atoms with Gasteiger partial charge in [0.25, 0.3) is 0 Å². The van der Waals surface area contributed by atoms with Crippen LogP contribution in [0.3, 0.4) is 0 Å². The van der Waals surface area contributed by atoms with Crippen LogP contribution in [0, 0.1) is 6.92 Å². The lowest BCUT2D eigenvalue weighted by Crippen LogP contribution is -2.16. The van der Waals surface area contributed by atoms with Gasteiger partial charge < -0.3 is 5.32 Å². The topological polar surface area (TPSA) is 37.8 Å². The Morgan fingerprint density at radius 3 is 2.13 bits per heavy atom. The molecule has 9 aromatic rings. The van der Waals surface area contributed by atoms with Gasteiger partial charge in [-0.05, 0) is 75.7 Å². The quantitative estimate of drug-likeness (QED) is 0.196. The molecule has 0 bridgehead atoms. The summed E-state index contributed by atoms with van der Waals surface area (Å²) in [5, 5.41) is 7.36. The Morgan fingerprint density at radius 1 is 0.538 bits per heavy atom. The normalized spacial score (nSPS) is 13.1. The number of hydrogen-bond acceptors (Lipinski definition) is 4. The molecule has 1 N–H and O–H groups in total. The third kappa shape index (κ3) is 4.72. The van der Waals surface area contributed by atoms with Gasteiger partial charge in [0.2, 0.25) is 5.95 Å². The molecule has 0 fully saturated rings. The lowest BCUT2D eigenvalue weighted by atomic mass is 9.78. The Morgan fingerprint density at radius 2 is 1.25 bits per heavy atom. The molecular weight excluding hydrogens is 651 g/mol. The molecule has 10 rings (SSSR count). The van der Waals surface area contributed by atoms with E-state index in [1.54, 1.807) is 0 Å². The Balaban J connectivity index is 1.19. The SMILES string of the molecule is Cc1c(-c2cc(-c3cccc4c3sc3ccccc34)ccc2Nc2nc(-c3ccccc3)c3ccccc3n2)ccc2c1C(C)(C)c1ccccc1-2. The molecule has 7 aromatic carbocycles. The summed E-state index contributed by atoms with van der Waals surface area (Å²) < 4.78 is 2.62. The van der Waals surface area contributed by atoms with Crippen molar-refractivity contribution >= 4 is 54.0 Å². The number of para-hydroxylation sites is 1. The van der Waals surface area contributed by atoms with Crippen molar-refractivity contribution in [3.8, 4) is 44.6 Å². The first-order valence-electron chi connectivity index (χ1n) is 17.8. The average molecular weight is 686 g/mol. The molecule has 3 nitrogen and oxygen atoms in total. The lowest BCUT2D eigenvalue weighted by Gasteiger charge is -2.25. The lowest BCUT2D eigenvalue weighted by molar-refractivity contribution is 0.656. The van der Waals surface area contributed by atoms with Crippen molar-refractivity contribution in [2.45, 2.75) is 26.2 Å². The fraction of sp³-hybridized carbons (Fsp3) is 0.0833. The molecule has 2 aromatic heterocycles. The van der Waals surface area contributed by atoms with E-state index in [1.165, 1.54) is 64.7 Å². The zero-order valence-electron chi connectivity index (χ0n) is 29.2. The van der Waals surface area contributed by atoms with Crippen molar-refractivity contribution in [3.05, 3.63) is 168 Å². The van der Waals surface area contributed by atoms with Crippen LogP contribution in [0.2, 0.25) is 0 Å². The smallest absolute Gasteiger partial charge is 0.228 e. The highest BCUT2D eigenvalue weighted by molar-refractivity contribution is 7.26. The van der Waals surface area contributed by atoms with Gasteiger partial charge in [-0.25, -0.2) is 9.97 Å². The molecular formula is C48H35N3S. The number of benzene rings is 7. The minimum absolute atomic E-state index is 0.119. The van der Waals surface area contributed by atoms with Crippen molar-refractivity contribution < 1.29 is 0 Å². The van der Waals surface area contributed by atoms with Gasteiger partial charge in [0.05, 0.1) is 11.2 Å². The number of aromatic nitrogens is 2. The minimum atomic E-state index is -0.119. The number of anilines is 2. The summed E-state index contributed by atoms with van der Waals surface area (Å²) in [5.74, 6) is 0.574.